The topological polar surface area (TPSA) is 45.4 Å². The van der Waals surface area contributed by atoms with E-state index in [0.717, 1.165) is 11.1 Å². The maximum atomic E-state index is 8.91. The van der Waals surface area contributed by atoms with Gasteiger partial charge in [-0.25, -0.2) is 0 Å². The van der Waals surface area contributed by atoms with Crippen molar-refractivity contribution >= 4 is 5.71 Å². The van der Waals surface area contributed by atoms with Crippen LogP contribution in [0.1, 0.15) is 23.6 Å². The van der Waals surface area contributed by atoms with E-state index < -0.39 is 0 Å². The molecule has 14 heavy (non-hydrogen) atoms. The lowest BCUT2D eigenvalue weighted by molar-refractivity contribution is 0.213. The molecule has 1 aromatic rings. The lowest BCUT2D eigenvalue weighted by Gasteiger charge is -2.03. The van der Waals surface area contributed by atoms with Crippen molar-refractivity contribution in [3.63, 3.8) is 0 Å². The quantitative estimate of drug-likeness (QED) is 0.527. The second-order valence-corrected chi connectivity index (χ2v) is 3.02. The molecular weight excluding hydrogens is 176 g/mol. The first kappa shape index (κ1) is 10.3. The monoisotopic (exact) mass is 188 g/mol. The van der Waals surface area contributed by atoms with Crippen molar-refractivity contribution in [1.29, 1.82) is 5.26 Å². The Morgan fingerprint density at radius 2 is 2.21 bits per heavy atom. The fourth-order valence-corrected chi connectivity index (χ4v) is 1.25. The number of oxime groups is 1. The Labute approximate surface area is 83.6 Å². The van der Waals surface area contributed by atoms with Gasteiger partial charge in [-0.1, -0.05) is 17.3 Å². The van der Waals surface area contributed by atoms with E-state index in [1.165, 1.54) is 7.11 Å². The Kier molecular flexibility index (Phi) is 3.24. The minimum absolute atomic E-state index is 0.628. The maximum Gasteiger partial charge on any atom is 0.106 e. The minimum atomic E-state index is 0.628. The summed E-state index contributed by atoms with van der Waals surface area (Å²) >= 11 is 0. The molecule has 3 nitrogen and oxygen atoms in total. The van der Waals surface area contributed by atoms with Gasteiger partial charge in [0.2, 0.25) is 0 Å². The largest absolute Gasteiger partial charge is 0.399 e. The molecule has 0 aliphatic carbocycles. The van der Waals surface area contributed by atoms with Crippen LogP contribution >= 0.6 is 0 Å². The van der Waals surface area contributed by atoms with E-state index in [-0.39, 0.29) is 0 Å². The van der Waals surface area contributed by atoms with Crippen LogP contribution in [0.2, 0.25) is 0 Å². The second kappa shape index (κ2) is 4.43. The summed E-state index contributed by atoms with van der Waals surface area (Å²) in [6, 6.07) is 7.81. The molecule has 0 saturated heterocycles. The Hall–Kier alpha value is -1.82. The molecule has 0 saturated carbocycles. The summed E-state index contributed by atoms with van der Waals surface area (Å²) in [6.07, 6.45) is 0. The minimum Gasteiger partial charge on any atom is -0.399 e. The Morgan fingerprint density at radius 1 is 1.50 bits per heavy atom. The van der Waals surface area contributed by atoms with Crippen molar-refractivity contribution < 1.29 is 4.84 Å². The van der Waals surface area contributed by atoms with Gasteiger partial charge in [-0.05, 0) is 25.5 Å². The van der Waals surface area contributed by atoms with Crippen LogP contribution in [-0.2, 0) is 4.84 Å². The first-order chi connectivity index (χ1) is 6.69. The van der Waals surface area contributed by atoms with Gasteiger partial charge in [0.25, 0.3) is 0 Å². The van der Waals surface area contributed by atoms with Crippen LogP contribution in [0.15, 0.2) is 23.4 Å². The zero-order valence-electron chi connectivity index (χ0n) is 8.53. The fourth-order valence-electron chi connectivity index (χ4n) is 1.25. The van der Waals surface area contributed by atoms with Crippen molar-refractivity contribution in [3.8, 4) is 6.07 Å². The van der Waals surface area contributed by atoms with Crippen LogP contribution in [0, 0.1) is 18.3 Å². The van der Waals surface area contributed by atoms with Crippen molar-refractivity contribution in [1.82, 2.24) is 0 Å². The molecule has 3 heteroatoms. The average molecular weight is 188 g/mol. The van der Waals surface area contributed by atoms with E-state index in [1.807, 2.05) is 32.0 Å². The molecule has 0 aromatic heterocycles. The summed E-state index contributed by atoms with van der Waals surface area (Å²) in [5, 5.41) is 12.7. The van der Waals surface area contributed by atoms with Gasteiger partial charge >= 0.3 is 0 Å². The molecule has 0 aliphatic heterocycles. The number of hydrogen-bond donors (Lipinski definition) is 0. The first-order valence-corrected chi connectivity index (χ1v) is 4.28. The molecule has 1 aromatic carbocycles. The summed E-state index contributed by atoms with van der Waals surface area (Å²) in [4.78, 5) is 4.67. The van der Waals surface area contributed by atoms with Gasteiger partial charge in [0.05, 0.1) is 17.3 Å². The highest BCUT2D eigenvalue weighted by atomic mass is 16.6. The third-order valence-corrected chi connectivity index (χ3v) is 1.91. The van der Waals surface area contributed by atoms with Crippen LogP contribution in [-0.4, -0.2) is 12.8 Å². The smallest absolute Gasteiger partial charge is 0.106 e. The molecule has 1 rings (SSSR count). The van der Waals surface area contributed by atoms with Gasteiger partial charge < -0.3 is 4.84 Å². The number of rotatable bonds is 2. The zero-order valence-corrected chi connectivity index (χ0v) is 8.53. The van der Waals surface area contributed by atoms with E-state index in [1.54, 1.807) is 0 Å². The van der Waals surface area contributed by atoms with Crippen LogP contribution in [0.4, 0.5) is 0 Å². The molecule has 0 heterocycles. The van der Waals surface area contributed by atoms with Gasteiger partial charge in [-0.2, -0.15) is 5.26 Å². The predicted molar refractivity (Wildman–Crippen MR) is 55.1 cm³/mol. The highest BCUT2D eigenvalue weighted by Crippen LogP contribution is 2.11. The normalized spacial score (nSPS) is 10.9. The van der Waals surface area contributed by atoms with Gasteiger partial charge in [-0.15, -0.1) is 0 Å². The third kappa shape index (κ3) is 2.11. The molecule has 0 unspecified atom stereocenters. The summed E-state index contributed by atoms with van der Waals surface area (Å²) in [5.41, 5.74) is 3.22. The highest BCUT2D eigenvalue weighted by molar-refractivity contribution is 6.00. The molecule has 0 fully saturated rings. The molecule has 0 spiro atoms. The van der Waals surface area contributed by atoms with E-state index in [0.29, 0.717) is 11.3 Å². The predicted octanol–water partition coefficient (Wildman–Crippen LogP) is 2.24. The zero-order chi connectivity index (χ0) is 10.6. The van der Waals surface area contributed by atoms with E-state index in [2.05, 4.69) is 16.1 Å². The molecular formula is C11H12N2O. The maximum absolute atomic E-state index is 8.91. The average Bonchev–Trinajstić information content (AvgIpc) is 2.17. The van der Waals surface area contributed by atoms with E-state index >= 15 is 0 Å². The summed E-state index contributed by atoms with van der Waals surface area (Å²) < 4.78 is 0. The van der Waals surface area contributed by atoms with Crippen molar-refractivity contribution in [2.24, 2.45) is 5.16 Å². The van der Waals surface area contributed by atoms with Crippen molar-refractivity contribution in [2.75, 3.05) is 7.11 Å². The SMILES string of the molecule is CO/N=C(\C)c1ccc(C)cc1C#N. The van der Waals surface area contributed by atoms with E-state index in [9.17, 15) is 0 Å². The first-order valence-electron chi connectivity index (χ1n) is 4.28. The number of hydrogen-bond acceptors (Lipinski definition) is 3. The molecule has 0 aliphatic rings. The molecule has 0 amide bonds. The van der Waals surface area contributed by atoms with Crippen LogP contribution < -0.4 is 0 Å². The lowest BCUT2D eigenvalue weighted by atomic mass is 10.0. The molecule has 72 valence electrons. The van der Waals surface area contributed by atoms with Gasteiger partial charge in [0.15, 0.2) is 0 Å². The van der Waals surface area contributed by atoms with Crippen LogP contribution in [0.25, 0.3) is 0 Å². The Balaban J connectivity index is 3.22. The Bertz CT molecular complexity index is 402. The number of nitrogens with zero attached hydrogens (tertiary/aromatic N) is 2. The van der Waals surface area contributed by atoms with Crippen LogP contribution in [0.5, 0.6) is 0 Å². The van der Waals surface area contributed by atoms with Gasteiger partial charge in [0, 0.05) is 5.56 Å². The highest BCUT2D eigenvalue weighted by Gasteiger charge is 2.05. The van der Waals surface area contributed by atoms with Crippen LogP contribution in [0.3, 0.4) is 0 Å². The number of benzene rings is 1. The summed E-state index contributed by atoms with van der Waals surface area (Å²) in [5.74, 6) is 0. The summed E-state index contributed by atoms with van der Waals surface area (Å²) in [6.45, 7) is 3.77. The molecule has 0 N–H and O–H groups in total. The lowest BCUT2D eigenvalue weighted by Crippen LogP contribution is -1.99. The van der Waals surface area contributed by atoms with Gasteiger partial charge in [-0.3, -0.25) is 0 Å². The number of nitriles is 1. The second-order valence-electron chi connectivity index (χ2n) is 3.02. The van der Waals surface area contributed by atoms with Gasteiger partial charge in [0.1, 0.15) is 7.11 Å². The molecule has 0 bridgehead atoms. The molecule has 0 radical (unpaired) electrons. The standard InChI is InChI=1S/C11H12N2O/c1-8-4-5-11(9(2)13-14-3)10(6-8)7-12/h4-6H,1-3H3/b13-9+. The molecule has 0 atom stereocenters. The summed E-state index contributed by atoms with van der Waals surface area (Å²) in [7, 11) is 1.49. The van der Waals surface area contributed by atoms with E-state index in [4.69, 9.17) is 5.26 Å². The fraction of sp³-hybridized carbons (Fsp3) is 0.273. The Morgan fingerprint density at radius 3 is 2.79 bits per heavy atom. The van der Waals surface area contributed by atoms with Crippen molar-refractivity contribution in [2.45, 2.75) is 13.8 Å². The van der Waals surface area contributed by atoms with Crippen molar-refractivity contribution in [3.05, 3.63) is 34.9 Å². The number of aryl methyl sites for hydroxylation is 1. The third-order valence-electron chi connectivity index (χ3n) is 1.91.